The molecule has 2 rings (SSSR count). The molecule has 0 bridgehead atoms. The maximum atomic E-state index is 4.62. The minimum atomic E-state index is 0.268. The molecule has 0 amide bonds. The molecule has 0 aliphatic carbocycles. The van der Waals surface area contributed by atoms with Gasteiger partial charge in [-0.2, -0.15) is 0 Å². The Kier molecular flexibility index (Phi) is 2.18. The van der Waals surface area contributed by atoms with Crippen molar-refractivity contribution >= 4 is 6.21 Å². The van der Waals surface area contributed by atoms with Crippen LogP contribution in [0.5, 0.6) is 0 Å². The van der Waals surface area contributed by atoms with Crippen molar-refractivity contribution < 1.29 is 0 Å². The Bertz CT molecular complexity index is 358. The van der Waals surface area contributed by atoms with E-state index in [0.29, 0.717) is 6.04 Å². The predicted octanol–water partition coefficient (Wildman–Crippen LogP) is 3.08. The van der Waals surface area contributed by atoms with E-state index in [2.05, 4.69) is 50.0 Å². The van der Waals surface area contributed by atoms with E-state index in [1.165, 1.54) is 11.1 Å². The van der Waals surface area contributed by atoms with Crippen LogP contribution in [-0.2, 0) is 6.42 Å². The molecule has 1 aliphatic rings. The van der Waals surface area contributed by atoms with Gasteiger partial charge < -0.3 is 0 Å². The van der Waals surface area contributed by atoms with Crippen LogP contribution in [0.2, 0.25) is 0 Å². The Morgan fingerprint density at radius 2 is 1.93 bits per heavy atom. The molecule has 0 saturated heterocycles. The molecule has 74 valence electrons. The van der Waals surface area contributed by atoms with Crippen LogP contribution in [0.25, 0.3) is 0 Å². The molecule has 0 radical (unpaired) electrons. The summed E-state index contributed by atoms with van der Waals surface area (Å²) in [4.78, 5) is 4.62. The minimum Gasteiger partial charge on any atom is -0.288 e. The van der Waals surface area contributed by atoms with E-state index in [-0.39, 0.29) is 5.41 Å². The number of aliphatic imine (C=N–C) groups is 1. The van der Waals surface area contributed by atoms with Gasteiger partial charge in [0.05, 0.1) is 6.04 Å². The average molecular weight is 187 g/mol. The molecule has 1 unspecified atom stereocenters. The van der Waals surface area contributed by atoms with Crippen LogP contribution in [0.4, 0.5) is 0 Å². The van der Waals surface area contributed by atoms with Crippen molar-refractivity contribution in [1.29, 1.82) is 0 Å². The number of hydrogen-bond donors (Lipinski definition) is 0. The van der Waals surface area contributed by atoms with Crippen molar-refractivity contribution in [1.82, 2.24) is 0 Å². The van der Waals surface area contributed by atoms with Gasteiger partial charge in [-0.05, 0) is 23.0 Å². The highest BCUT2D eigenvalue weighted by Gasteiger charge is 2.26. The summed E-state index contributed by atoms with van der Waals surface area (Å²) in [5.41, 5.74) is 2.99. The molecule has 1 atom stereocenters. The quantitative estimate of drug-likeness (QED) is 0.592. The molecule has 0 spiro atoms. The predicted molar refractivity (Wildman–Crippen MR) is 61.0 cm³/mol. The first-order valence-corrected chi connectivity index (χ1v) is 5.18. The molecule has 14 heavy (non-hydrogen) atoms. The highest BCUT2D eigenvalue weighted by atomic mass is 14.8. The standard InChI is InChI=1S/C13H17N/c1-13(2,3)12-8-10-6-4-5-7-11(10)9-14-12/h4-7,9,12H,8H2,1-3H3. The van der Waals surface area contributed by atoms with Crippen molar-refractivity contribution in [2.24, 2.45) is 10.4 Å². The Morgan fingerprint density at radius 1 is 1.21 bits per heavy atom. The monoisotopic (exact) mass is 187 g/mol. The summed E-state index contributed by atoms with van der Waals surface area (Å²) in [6, 6.07) is 8.95. The van der Waals surface area contributed by atoms with Crippen LogP contribution < -0.4 is 0 Å². The Hall–Kier alpha value is -1.11. The summed E-state index contributed by atoms with van der Waals surface area (Å²) in [7, 11) is 0. The normalized spacial score (nSPS) is 20.6. The lowest BCUT2D eigenvalue weighted by atomic mass is 9.81. The van der Waals surface area contributed by atoms with Gasteiger partial charge in [-0.15, -0.1) is 0 Å². The van der Waals surface area contributed by atoms with Gasteiger partial charge in [-0.25, -0.2) is 0 Å². The third-order valence-electron chi connectivity index (χ3n) is 2.86. The maximum Gasteiger partial charge on any atom is 0.0588 e. The summed E-state index contributed by atoms with van der Waals surface area (Å²) in [5.74, 6) is 0. The number of rotatable bonds is 0. The van der Waals surface area contributed by atoms with Gasteiger partial charge in [0.1, 0.15) is 0 Å². The van der Waals surface area contributed by atoms with E-state index >= 15 is 0 Å². The van der Waals surface area contributed by atoms with Gasteiger partial charge in [0.25, 0.3) is 0 Å². The van der Waals surface area contributed by atoms with Crippen molar-refractivity contribution in [3.05, 3.63) is 35.4 Å². The van der Waals surface area contributed by atoms with Gasteiger partial charge in [0.2, 0.25) is 0 Å². The highest BCUT2D eigenvalue weighted by Crippen LogP contribution is 2.28. The first kappa shape index (κ1) is 9.45. The van der Waals surface area contributed by atoms with E-state index in [4.69, 9.17) is 0 Å². The largest absolute Gasteiger partial charge is 0.288 e. The highest BCUT2D eigenvalue weighted by molar-refractivity contribution is 5.83. The summed E-state index contributed by atoms with van der Waals surface area (Å²) >= 11 is 0. The van der Waals surface area contributed by atoms with E-state index < -0.39 is 0 Å². The van der Waals surface area contributed by atoms with Crippen LogP contribution in [0.1, 0.15) is 31.9 Å². The fraction of sp³-hybridized carbons (Fsp3) is 0.462. The molecular formula is C13H17N. The van der Waals surface area contributed by atoms with Gasteiger partial charge in [-0.3, -0.25) is 4.99 Å². The lowest BCUT2D eigenvalue weighted by Gasteiger charge is -2.30. The van der Waals surface area contributed by atoms with Crippen LogP contribution >= 0.6 is 0 Å². The first-order valence-electron chi connectivity index (χ1n) is 5.18. The number of benzene rings is 1. The molecule has 0 aromatic heterocycles. The molecule has 0 fully saturated rings. The second-order valence-corrected chi connectivity index (χ2v) is 5.06. The van der Waals surface area contributed by atoms with Crippen LogP contribution in [-0.4, -0.2) is 12.3 Å². The summed E-state index contributed by atoms with van der Waals surface area (Å²) in [6.45, 7) is 6.76. The first-order chi connectivity index (χ1) is 6.57. The molecule has 0 N–H and O–H groups in total. The zero-order chi connectivity index (χ0) is 10.2. The molecule has 1 heteroatoms. The van der Waals surface area contributed by atoms with Crippen molar-refractivity contribution in [3.8, 4) is 0 Å². The Balaban J connectivity index is 2.30. The number of nitrogens with zero attached hydrogens (tertiary/aromatic N) is 1. The lowest BCUT2D eigenvalue weighted by Crippen LogP contribution is -2.29. The van der Waals surface area contributed by atoms with E-state index in [0.717, 1.165) is 6.42 Å². The van der Waals surface area contributed by atoms with Gasteiger partial charge in [-0.1, -0.05) is 45.0 Å². The summed E-state index contributed by atoms with van der Waals surface area (Å²) in [5, 5.41) is 0. The van der Waals surface area contributed by atoms with E-state index in [1.54, 1.807) is 0 Å². The second kappa shape index (κ2) is 3.23. The fourth-order valence-corrected chi connectivity index (χ4v) is 1.81. The molecular weight excluding hydrogens is 170 g/mol. The van der Waals surface area contributed by atoms with Crippen LogP contribution in [0, 0.1) is 5.41 Å². The molecule has 1 aromatic carbocycles. The van der Waals surface area contributed by atoms with Crippen molar-refractivity contribution in [2.45, 2.75) is 33.2 Å². The molecule has 0 saturated carbocycles. The van der Waals surface area contributed by atoms with Crippen molar-refractivity contribution in [2.75, 3.05) is 0 Å². The van der Waals surface area contributed by atoms with Gasteiger partial charge in [0, 0.05) is 6.21 Å². The van der Waals surface area contributed by atoms with Crippen molar-refractivity contribution in [3.63, 3.8) is 0 Å². The number of fused-ring (bicyclic) bond motifs is 1. The molecule has 1 nitrogen and oxygen atoms in total. The molecule has 1 aromatic rings. The Morgan fingerprint density at radius 3 is 2.64 bits per heavy atom. The van der Waals surface area contributed by atoms with Gasteiger partial charge >= 0.3 is 0 Å². The van der Waals surface area contributed by atoms with Crippen LogP contribution in [0.3, 0.4) is 0 Å². The smallest absolute Gasteiger partial charge is 0.0588 e. The zero-order valence-electron chi connectivity index (χ0n) is 9.12. The van der Waals surface area contributed by atoms with E-state index in [9.17, 15) is 0 Å². The third kappa shape index (κ3) is 1.72. The topological polar surface area (TPSA) is 12.4 Å². The zero-order valence-corrected chi connectivity index (χ0v) is 9.12. The average Bonchev–Trinajstić information content (AvgIpc) is 2.16. The maximum absolute atomic E-state index is 4.62. The number of hydrogen-bond acceptors (Lipinski definition) is 1. The van der Waals surface area contributed by atoms with E-state index in [1.807, 2.05) is 6.21 Å². The minimum absolute atomic E-state index is 0.268. The summed E-state index contributed by atoms with van der Waals surface area (Å²) in [6.07, 6.45) is 3.10. The fourth-order valence-electron chi connectivity index (χ4n) is 1.81. The van der Waals surface area contributed by atoms with Gasteiger partial charge in [0.15, 0.2) is 0 Å². The third-order valence-corrected chi connectivity index (χ3v) is 2.86. The van der Waals surface area contributed by atoms with Crippen LogP contribution in [0.15, 0.2) is 29.3 Å². The second-order valence-electron chi connectivity index (χ2n) is 5.06. The summed E-state index contributed by atoms with van der Waals surface area (Å²) < 4.78 is 0. The lowest BCUT2D eigenvalue weighted by molar-refractivity contribution is 0.319. The SMILES string of the molecule is CC(C)(C)C1Cc2ccccc2C=N1. The Labute approximate surface area is 85.9 Å². The molecule has 1 heterocycles. The molecule has 1 aliphatic heterocycles.